The zero-order valence-corrected chi connectivity index (χ0v) is 15.0. The summed E-state index contributed by atoms with van der Waals surface area (Å²) < 4.78 is 0. The maximum absolute atomic E-state index is 13.0. The lowest BCUT2D eigenvalue weighted by molar-refractivity contribution is -0.136. The number of anilines is 2. The molecule has 2 aliphatic rings. The number of carbonyl (C=O) groups is 1. The van der Waals surface area contributed by atoms with E-state index in [-0.39, 0.29) is 5.92 Å². The third-order valence-electron chi connectivity index (χ3n) is 5.32. The van der Waals surface area contributed by atoms with Crippen LogP contribution < -0.4 is 9.80 Å². The zero-order valence-electron chi connectivity index (χ0n) is 15.0. The average Bonchev–Trinajstić information content (AvgIpc) is 2.75. The molecule has 1 amide bonds. The van der Waals surface area contributed by atoms with Gasteiger partial charge in [-0.2, -0.15) is 0 Å². The van der Waals surface area contributed by atoms with Gasteiger partial charge in [-0.05, 0) is 31.0 Å². The molecule has 0 unspecified atom stereocenters. The monoisotopic (exact) mass is 351 g/mol. The van der Waals surface area contributed by atoms with Gasteiger partial charge < -0.3 is 14.7 Å². The molecule has 26 heavy (non-hydrogen) atoms. The van der Waals surface area contributed by atoms with Gasteiger partial charge in [-0.25, -0.2) is 9.97 Å². The van der Waals surface area contributed by atoms with E-state index in [0.717, 1.165) is 58.1 Å². The van der Waals surface area contributed by atoms with Gasteiger partial charge in [0.05, 0.1) is 5.92 Å². The molecule has 3 heterocycles. The molecule has 6 heteroatoms. The lowest BCUT2D eigenvalue weighted by atomic mass is 9.96. The first-order chi connectivity index (χ1) is 12.8. The fourth-order valence-electron chi connectivity index (χ4n) is 3.90. The highest BCUT2D eigenvalue weighted by Gasteiger charge is 2.31. The molecule has 2 saturated heterocycles. The van der Waals surface area contributed by atoms with Crippen molar-refractivity contribution in [2.75, 3.05) is 49.1 Å². The van der Waals surface area contributed by atoms with Crippen LogP contribution in [0.25, 0.3) is 0 Å². The number of carbonyl (C=O) groups excluding carboxylic acids is 1. The highest BCUT2D eigenvalue weighted by Crippen LogP contribution is 2.23. The van der Waals surface area contributed by atoms with Crippen LogP contribution in [-0.2, 0) is 4.79 Å². The van der Waals surface area contributed by atoms with Crippen LogP contribution in [-0.4, -0.2) is 60.0 Å². The quantitative estimate of drug-likeness (QED) is 0.847. The predicted molar refractivity (Wildman–Crippen MR) is 102 cm³/mol. The molecule has 0 aliphatic carbocycles. The van der Waals surface area contributed by atoms with Gasteiger partial charge in [0.15, 0.2) is 0 Å². The Labute approximate surface area is 154 Å². The first-order valence-electron chi connectivity index (χ1n) is 9.42. The van der Waals surface area contributed by atoms with E-state index < -0.39 is 0 Å². The van der Waals surface area contributed by atoms with Crippen LogP contribution in [0.2, 0.25) is 0 Å². The van der Waals surface area contributed by atoms with Crippen molar-refractivity contribution in [3.8, 4) is 0 Å². The Hall–Kier alpha value is -2.63. The van der Waals surface area contributed by atoms with Gasteiger partial charge in [-0.3, -0.25) is 4.79 Å². The molecule has 1 aromatic heterocycles. The number of rotatable bonds is 3. The van der Waals surface area contributed by atoms with Crippen molar-refractivity contribution in [3.05, 3.63) is 48.8 Å². The molecule has 6 nitrogen and oxygen atoms in total. The van der Waals surface area contributed by atoms with Crippen molar-refractivity contribution < 1.29 is 4.79 Å². The molecule has 2 aliphatic heterocycles. The molecule has 0 N–H and O–H groups in total. The van der Waals surface area contributed by atoms with E-state index in [1.54, 1.807) is 12.4 Å². The second kappa shape index (κ2) is 7.72. The van der Waals surface area contributed by atoms with Crippen molar-refractivity contribution in [2.24, 2.45) is 5.92 Å². The molecule has 0 spiro atoms. The van der Waals surface area contributed by atoms with E-state index in [2.05, 4.69) is 44.0 Å². The molecule has 1 aromatic carbocycles. The average molecular weight is 351 g/mol. The first kappa shape index (κ1) is 16.8. The maximum Gasteiger partial charge on any atom is 0.227 e. The summed E-state index contributed by atoms with van der Waals surface area (Å²) in [6, 6.07) is 12.3. The van der Waals surface area contributed by atoms with Gasteiger partial charge in [0.1, 0.15) is 0 Å². The molecule has 2 aromatic rings. The third kappa shape index (κ3) is 3.64. The smallest absolute Gasteiger partial charge is 0.227 e. The third-order valence-corrected chi connectivity index (χ3v) is 5.32. The number of hydrogen-bond acceptors (Lipinski definition) is 5. The van der Waals surface area contributed by atoms with Crippen LogP contribution in [0.15, 0.2) is 48.8 Å². The zero-order chi connectivity index (χ0) is 17.8. The topological polar surface area (TPSA) is 52.6 Å². The van der Waals surface area contributed by atoms with Crippen molar-refractivity contribution in [3.63, 3.8) is 0 Å². The molecule has 4 rings (SSSR count). The Balaban J connectivity index is 1.35. The Morgan fingerprint density at radius 2 is 1.62 bits per heavy atom. The van der Waals surface area contributed by atoms with E-state index in [1.807, 2.05) is 17.0 Å². The van der Waals surface area contributed by atoms with Crippen LogP contribution in [0.3, 0.4) is 0 Å². The Morgan fingerprint density at radius 1 is 0.885 bits per heavy atom. The van der Waals surface area contributed by atoms with E-state index in [4.69, 9.17) is 0 Å². The Bertz CT molecular complexity index is 715. The minimum atomic E-state index is 0.0517. The summed E-state index contributed by atoms with van der Waals surface area (Å²) in [6.07, 6.45) is 5.49. The van der Waals surface area contributed by atoms with E-state index in [0.29, 0.717) is 5.91 Å². The van der Waals surface area contributed by atoms with Crippen LogP contribution in [0, 0.1) is 5.92 Å². The summed E-state index contributed by atoms with van der Waals surface area (Å²) in [5.74, 6) is 1.08. The molecule has 1 atom stereocenters. The molecule has 0 saturated carbocycles. The summed E-state index contributed by atoms with van der Waals surface area (Å²) in [5.41, 5.74) is 1.24. The second-order valence-corrected chi connectivity index (χ2v) is 6.98. The van der Waals surface area contributed by atoms with Crippen molar-refractivity contribution in [1.82, 2.24) is 14.9 Å². The number of hydrogen-bond donors (Lipinski definition) is 0. The predicted octanol–water partition coefficient (Wildman–Crippen LogP) is 2.04. The summed E-state index contributed by atoms with van der Waals surface area (Å²) in [7, 11) is 0. The van der Waals surface area contributed by atoms with Crippen LogP contribution >= 0.6 is 0 Å². The fourth-order valence-corrected chi connectivity index (χ4v) is 3.90. The molecule has 2 fully saturated rings. The molecule has 136 valence electrons. The van der Waals surface area contributed by atoms with Gasteiger partial charge in [0, 0.05) is 57.3 Å². The van der Waals surface area contributed by atoms with Crippen LogP contribution in [0.5, 0.6) is 0 Å². The van der Waals surface area contributed by atoms with Crippen molar-refractivity contribution in [2.45, 2.75) is 12.8 Å². The van der Waals surface area contributed by atoms with Crippen molar-refractivity contribution >= 4 is 17.5 Å². The summed E-state index contributed by atoms with van der Waals surface area (Å²) in [5, 5.41) is 0. The molecular formula is C20H25N5O. The SMILES string of the molecule is O=C([C@@H]1CCCN(c2ncccn2)C1)N1CCN(c2ccccc2)CC1. The number of nitrogens with zero attached hydrogens (tertiary/aromatic N) is 5. The summed E-state index contributed by atoms with van der Waals surface area (Å²) in [6.45, 7) is 5.04. The minimum absolute atomic E-state index is 0.0517. The first-order valence-corrected chi connectivity index (χ1v) is 9.42. The lowest BCUT2D eigenvalue weighted by Crippen LogP contribution is -2.52. The number of para-hydroxylation sites is 1. The normalized spacial score (nSPS) is 20.9. The molecule has 0 bridgehead atoms. The minimum Gasteiger partial charge on any atom is -0.368 e. The number of piperidine rings is 1. The lowest BCUT2D eigenvalue weighted by Gasteiger charge is -2.39. The van der Waals surface area contributed by atoms with Gasteiger partial charge in [-0.15, -0.1) is 0 Å². The van der Waals surface area contributed by atoms with Crippen LogP contribution in [0.4, 0.5) is 11.6 Å². The van der Waals surface area contributed by atoms with Gasteiger partial charge in [0.25, 0.3) is 0 Å². The fraction of sp³-hybridized carbons (Fsp3) is 0.450. The summed E-state index contributed by atoms with van der Waals surface area (Å²) in [4.78, 5) is 28.2. The van der Waals surface area contributed by atoms with Gasteiger partial charge >= 0.3 is 0 Å². The van der Waals surface area contributed by atoms with Crippen LogP contribution in [0.1, 0.15) is 12.8 Å². The van der Waals surface area contributed by atoms with E-state index in [9.17, 15) is 4.79 Å². The highest BCUT2D eigenvalue weighted by molar-refractivity contribution is 5.80. The summed E-state index contributed by atoms with van der Waals surface area (Å²) >= 11 is 0. The Morgan fingerprint density at radius 3 is 2.35 bits per heavy atom. The Kier molecular flexibility index (Phi) is 5.00. The molecule has 0 radical (unpaired) electrons. The van der Waals surface area contributed by atoms with E-state index >= 15 is 0 Å². The maximum atomic E-state index is 13.0. The van der Waals surface area contributed by atoms with Gasteiger partial charge in [0.2, 0.25) is 11.9 Å². The molecular weight excluding hydrogens is 326 g/mol. The van der Waals surface area contributed by atoms with Crippen molar-refractivity contribution in [1.29, 1.82) is 0 Å². The number of benzene rings is 1. The standard InChI is InChI=1S/C20H25N5O/c26-19(17-6-4-11-25(16-17)20-21-9-5-10-22-20)24-14-12-23(13-15-24)18-7-2-1-3-8-18/h1-3,5,7-10,17H,4,6,11-16H2/t17-/m1/s1. The van der Waals surface area contributed by atoms with E-state index in [1.165, 1.54) is 5.69 Å². The van der Waals surface area contributed by atoms with Gasteiger partial charge in [-0.1, -0.05) is 18.2 Å². The number of aromatic nitrogens is 2. The number of amides is 1. The largest absolute Gasteiger partial charge is 0.368 e. The number of piperazine rings is 1. The highest BCUT2D eigenvalue weighted by atomic mass is 16.2. The second-order valence-electron chi connectivity index (χ2n) is 6.98.